The molecule has 0 aliphatic heterocycles. The zero-order valence-electron chi connectivity index (χ0n) is 32.7. The lowest BCUT2D eigenvalue weighted by molar-refractivity contribution is -0.137. The first-order valence-electron chi connectivity index (χ1n) is 18.6. The van der Waals surface area contributed by atoms with Crippen LogP contribution in [0.25, 0.3) is 0 Å². The molecule has 0 bridgehead atoms. The molecule has 57 heavy (non-hydrogen) atoms. The van der Waals surface area contributed by atoms with Gasteiger partial charge >= 0.3 is 12.1 Å². The summed E-state index contributed by atoms with van der Waals surface area (Å²) in [5.41, 5.74) is 6.79. The van der Waals surface area contributed by atoms with E-state index in [1.165, 1.54) is 11.8 Å². The highest BCUT2D eigenvalue weighted by atomic mass is 32.2. The number of carbonyl (C=O) groups excluding carboxylic acids is 7. The molecule has 2 rings (SSSR count). The molecule has 0 saturated carbocycles. The van der Waals surface area contributed by atoms with Crippen molar-refractivity contribution in [2.45, 2.75) is 89.5 Å². The predicted octanol–water partition coefficient (Wildman–Crippen LogP) is 0.791. The molecule has 2 aromatic rings. The van der Waals surface area contributed by atoms with Crippen LogP contribution in [0, 0.1) is 5.92 Å². The SMILES string of the molecule is CCOC(=O)N[C@@H](CCC(=O)O)C(=O)N[C@@H](Cc1ccccc1)C(=O)N[C@@H](Cc1ccccc1)C(=O)NCC(=O)N[C@@H](CC(C)C)C(=O)N[C@@H](CCSC)C(N)=O. The molecule has 2 aromatic carbocycles. The molecule has 0 aromatic heterocycles. The average molecular weight is 814 g/mol. The molecule has 312 valence electrons. The number of ether oxygens (including phenoxy) is 1. The first-order chi connectivity index (χ1) is 27.1. The van der Waals surface area contributed by atoms with Crippen LogP contribution in [-0.4, -0.2) is 108 Å². The van der Waals surface area contributed by atoms with E-state index in [0.717, 1.165) is 0 Å². The summed E-state index contributed by atoms with van der Waals surface area (Å²) in [5, 5.41) is 24.6. The van der Waals surface area contributed by atoms with Gasteiger partial charge in [-0.2, -0.15) is 11.8 Å². The van der Waals surface area contributed by atoms with Gasteiger partial charge in [-0.3, -0.25) is 33.6 Å². The number of nitrogens with two attached hydrogens (primary N) is 1. The maximum Gasteiger partial charge on any atom is 0.407 e. The Hall–Kier alpha value is -5.65. The fraction of sp³-hybridized carbons (Fsp3) is 0.487. The van der Waals surface area contributed by atoms with Crippen LogP contribution in [0.5, 0.6) is 0 Å². The van der Waals surface area contributed by atoms with Crippen molar-refractivity contribution in [3.05, 3.63) is 71.8 Å². The second-order valence-corrected chi connectivity index (χ2v) is 14.5. The smallest absolute Gasteiger partial charge is 0.407 e. The number of alkyl carbamates (subject to hydrolysis) is 1. The van der Waals surface area contributed by atoms with Crippen LogP contribution >= 0.6 is 11.8 Å². The second kappa shape index (κ2) is 25.5. The first-order valence-corrected chi connectivity index (χ1v) is 20.0. The number of primary amides is 1. The number of hydrogen-bond donors (Lipinski definition) is 8. The zero-order chi connectivity index (χ0) is 42.3. The zero-order valence-corrected chi connectivity index (χ0v) is 33.5. The maximum absolute atomic E-state index is 14.0. The van der Waals surface area contributed by atoms with Gasteiger partial charge in [0.25, 0.3) is 0 Å². The third-order valence-electron chi connectivity index (χ3n) is 8.41. The number of carboxylic acid groups (broad SMARTS) is 1. The normalized spacial score (nSPS) is 13.4. The van der Waals surface area contributed by atoms with Crippen LogP contribution < -0.4 is 37.6 Å². The first kappa shape index (κ1) is 47.5. The summed E-state index contributed by atoms with van der Waals surface area (Å²) in [6, 6.07) is 11.5. The van der Waals surface area contributed by atoms with Crippen LogP contribution in [0.15, 0.2) is 60.7 Å². The Morgan fingerprint density at radius 2 is 1.19 bits per heavy atom. The van der Waals surface area contributed by atoms with Crippen LogP contribution in [0.1, 0.15) is 57.6 Å². The van der Waals surface area contributed by atoms with Crippen molar-refractivity contribution in [1.29, 1.82) is 0 Å². The molecule has 5 atom stereocenters. The number of carboxylic acids is 1. The number of hydrogen-bond acceptors (Lipinski definition) is 10. The standard InChI is InChI=1S/C39H55N7O10S/c1-5-56-39(55)46-28(16-17-33(48)49)36(52)45-31(22-26-14-10-7-11-15-26)38(54)44-30(21-25-12-8-6-9-13-25)35(51)41-23-32(47)42-29(20-24(2)3)37(53)43-27(34(40)50)18-19-57-4/h6-15,24,27-31H,5,16-23H2,1-4H3,(H2,40,50)(H,41,51)(H,42,47)(H,43,53)(H,44,54)(H,45,52)(H,46,55)(H,48,49)/t27-,28-,29-,30-,31-/m0/s1. The minimum Gasteiger partial charge on any atom is -0.481 e. The number of carbonyl (C=O) groups is 8. The van der Waals surface area contributed by atoms with Crippen LogP contribution in [0.3, 0.4) is 0 Å². The Kier molecular flexibility index (Phi) is 21.2. The molecule has 0 saturated heterocycles. The van der Waals surface area contributed by atoms with Gasteiger partial charge in [0.05, 0.1) is 13.2 Å². The minimum absolute atomic E-state index is 0.00556. The number of amides is 7. The average Bonchev–Trinajstić information content (AvgIpc) is 3.16. The summed E-state index contributed by atoms with van der Waals surface area (Å²) in [6.07, 6.45) is 0.607. The second-order valence-electron chi connectivity index (χ2n) is 13.6. The molecule has 18 heteroatoms. The highest BCUT2D eigenvalue weighted by Gasteiger charge is 2.31. The van der Waals surface area contributed by atoms with Gasteiger partial charge in [0.15, 0.2) is 0 Å². The van der Waals surface area contributed by atoms with Crippen LogP contribution in [0.2, 0.25) is 0 Å². The lowest BCUT2D eigenvalue weighted by Gasteiger charge is -2.26. The van der Waals surface area contributed by atoms with E-state index < -0.39 is 90.7 Å². The predicted molar refractivity (Wildman–Crippen MR) is 213 cm³/mol. The van der Waals surface area contributed by atoms with E-state index >= 15 is 0 Å². The number of benzene rings is 2. The number of rotatable bonds is 25. The van der Waals surface area contributed by atoms with Gasteiger partial charge < -0.3 is 47.5 Å². The number of nitrogens with one attached hydrogen (secondary N) is 6. The van der Waals surface area contributed by atoms with Gasteiger partial charge in [-0.25, -0.2) is 4.79 Å². The fourth-order valence-electron chi connectivity index (χ4n) is 5.55. The molecule has 17 nitrogen and oxygen atoms in total. The summed E-state index contributed by atoms with van der Waals surface area (Å²) >= 11 is 1.48. The molecule has 0 aliphatic rings. The minimum atomic E-state index is -1.37. The Morgan fingerprint density at radius 3 is 1.68 bits per heavy atom. The summed E-state index contributed by atoms with van der Waals surface area (Å²) in [7, 11) is 0. The van der Waals surface area contributed by atoms with E-state index in [9.17, 15) is 43.5 Å². The maximum atomic E-state index is 14.0. The van der Waals surface area contributed by atoms with Crippen molar-refractivity contribution in [2.24, 2.45) is 11.7 Å². The molecular weight excluding hydrogens is 759 g/mol. The van der Waals surface area contributed by atoms with E-state index in [2.05, 4.69) is 31.9 Å². The van der Waals surface area contributed by atoms with Crippen LogP contribution in [-0.2, 0) is 51.1 Å². The van der Waals surface area contributed by atoms with Gasteiger partial charge in [0.2, 0.25) is 35.4 Å². The fourth-order valence-corrected chi connectivity index (χ4v) is 6.02. The molecule has 7 amide bonds. The Balaban J connectivity index is 2.30. The lowest BCUT2D eigenvalue weighted by Crippen LogP contribution is -2.58. The van der Waals surface area contributed by atoms with Crippen molar-refractivity contribution in [2.75, 3.05) is 25.2 Å². The van der Waals surface area contributed by atoms with Crippen LogP contribution in [0.4, 0.5) is 4.79 Å². The molecule has 0 fully saturated rings. The molecule has 0 radical (unpaired) electrons. The molecule has 9 N–H and O–H groups in total. The Labute approximate surface area is 336 Å². The van der Waals surface area contributed by atoms with Gasteiger partial charge in [-0.05, 0) is 55.2 Å². The number of thioether (sulfide) groups is 1. The quantitative estimate of drug-likeness (QED) is 0.0695. The van der Waals surface area contributed by atoms with E-state index in [0.29, 0.717) is 23.3 Å². The van der Waals surface area contributed by atoms with Gasteiger partial charge in [-0.1, -0.05) is 74.5 Å². The van der Waals surface area contributed by atoms with Crippen molar-refractivity contribution in [1.82, 2.24) is 31.9 Å². The van der Waals surface area contributed by atoms with E-state index in [1.54, 1.807) is 67.6 Å². The van der Waals surface area contributed by atoms with Crippen molar-refractivity contribution >= 4 is 59.3 Å². The summed E-state index contributed by atoms with van der Waals surface area (Å²) in [5.74, 6) is -5.06. The molecule has 0 heterocycles. The topological polar surface area (TPSA) is 264 Å². The summed E-state index contributed by atoms with van der Waals surface area (Å²) in [6.45, 7) is 4.69. The highest BCUT2D eigenvalue weighted by Crippen LogP contribution is 2.10. The Morgan fingerprint density at radius 1 is 0.684 bits per heavy atom. The van der Waals surface area contributed by atoms with E-state index in [1.807, 2.05) is 20.1 Å². The molecule has 0 aliphatic carbocycles. The monoisotopic (exact) mass is 813 g/mol. The van der Waals surface area contributed by atoms with E-state index in [4.69, 9.17) is 10.5 Å². The van der Waals surface area contributed by atoms with Crippen molar-refractivity contribution in [3.63, 3.8) is 0 Å². The third kappa shape index (κ3) is 18.7. The summed E-state index contributed by atoms with van der Waals surface area (Å²) < 4.78 is 4.87. The van der Waals surface area contributed by atoms with Gasteiger partial charge in [0.1, 0.15) is 30.2 Å². The van der Waals surface area contributed by atoms with Crippen molar-refractivity contribution in [3.8, 4) is 0 Å². The molecular formula is C39H55N7O10S. The highest BCUT2D eigenvalue weighted by molar-refractivity contribution is 7.98. The van der Waals surface area contributed by atoms with Gasteiger partial charge in [-0.15, -0.1) is 0 Å². The number of aliphatic carboxylic acids is 1. The summed E-state index contributed by atoms with van der Waals surface area (Å²) in [4.78, 5) is 103. The lowest BCUT2D eigenvalue weighted by atomic mass is 10.0. The van der Waals surface area contributed by atoms with Crippen molar-refractivity contribution < 1.29 is 48.2 Å². The largest absolute Gasteiger partial charge is 0.481 e. The molecule has 0 spiro atoms. The Bertz CT molecular complexity index is 1650. The van der Waals surface area contributed by atoms with Gasteiger partial charge in [0, 0.05) is 19.3 Å². The van der Waals surface area contributed by atoms with E-state index in [-0.39, 0.29) is 38.2 Å². The molecule has 0 unspecified atom stereocenters. The third-order valence-corrected chi connectivity index (χ3v) is 9.06.